The predicted molar refractivity (Wildman–Crippen MR) is 168 cm³/mol. The molecule has 42 heavy (non-hydrogen) atoms. The molecule has 4 aromatic rings. The van der Waals surface area contributed by atoms with Crippen molar-refractivity contribution in [2.45, 2.75) is 31.6 Å². The zero-order chi connectivity index (χ0) is 29.8. The molecule has 0 fully saturated rings. The first-order chi connectivity index (χ1) is 20.4. The van der Waals surface area contributed by atoms with Crippen LogP contribution < -0.4 is 19.7 Å². The minimum absolute atomic E-state index is 0.0319. The molecule has 0 unspecified atom stereocenters. The zero-order valence-electron chi connectivity index (χ0n) is 24.0. The number of nitrogens with zero attached hydrogens (tertiary/aromatic N) is 3. The highest BCUT2D eigenvalue weighted by Gasteiger charge is 2.39. The number of hydrogen-bond acceptors (Lipinski definition) is 6. The van der Waals surface area contributed by atoms with Gasteiger partial charge in [0.25, 0.3) is 0 Å². The molecule has 0 bridgehead atoms. The molecule has 1 N–H and O–H groups in total. The maximum Gasteiger partial charge on any atom is 0.240 e. The van der Waals surface area contributed by atoms with E-state index in [1.54, 1.807) is 25.0 Å². The molecule has 1 aliphatic rings. The van der Waals surface area contributed by atoms with Gasteiger partial charge in [0, 0.05) is 22.7 Å². The van der Waals surface area contributed by atoms with E-state index >= 15 is 0 Å². The number of nitrogens with one attached hydrogen (secondary N) is 1. The van der Waals surface area contributed by atoms with Gasteiger partial charge >= 0.3 is 0 Å². The van der Waals surface area contributed by atoms with Gasteiger partial charge in [-0.25, -0.2) is 4.68 Å². The molecule has 5 rings (SSSR count). The van der Waals surface area contributed by atoms with Gasteiger partial charge in [0.05, 0.1) is 41.6 Å². The molecule has 0 aliphatic carbocycles. The van der Waals surface area contributed by atoms with Crippen molar-refractivity contribution in [3.8, 4) is 28.4 Å². The van der Waals surface area contributed by atoms with Crippen molar-refractivity contribution < 1.29 is 19.1 Å². The highest BCUT2D eigenvalue weighted by Crippen LogP contribution is 2.51. The van der Waals surface area contributed by atoms with Crippen molar-refractivity contribution in [1.29, 1.82) is 0 Å². The van der Waals surface area contributed by atoms with Crippen LogP contribution in [0.15, 0.2) is 72.8 Å². The van der Waals surface area contributed by atoms with E-state index < -0.39 is 0 Å². The number of para-hydroxylation sites is 1. The van der Waals surface area contributed by atoms with E-state index in [1.165, 1.54) is 16.7 Å². The summed E-state index contributed by atoms with van der Waals surface area (Å²) in [5, 5.41) is 8.18. The quantitative estimate of drug-likeness (QED) is 0.242. The summed E-state index contributed by atoms with van der Waals surface area (Å²) in [6.45, 7) is 3.78. The summed E-state index contributed by atoms with van der Waals surface area (Å²) in [4.78, 5) is 28.7. The second-order valence-electron chi connectivity index (χ2n) is 9.97. The Morgan fingerprint density at radius 2 is 1.83 bits per heavy atom. The number of rotatable bonds is 9. The number of halogens is 1. The number of hydrogen-bond donors (Lipinski definition) is 1. The standard InChI is InChI=1S/C32H33ClN4O4S/c1-5-20(2)34-27(38)18-36-28(39)19-42-31(23-17-22(40-3)15-16-26(23)41-4)29-30(21-11-7-6-8-12-21)35-37(32(29)36)25-14-10-9-13-24(25)33/h6-17,20,31H,5,18-19H2,1-4H3,(H,34,38)/t20-,31-/m0/s1. The third-order valence-electron chi connectivity index (χ3n) is 7.26. The largest absolute Gasteiger partial charge is 0.497 e. The Kier molecular flexibility index (Phi) is 9.09. The van der Waals surface area contributed by atoms with Gasteiger partial charge in [-0.05, 0) is 43.7 Å². The summed E-state index contributed by atoms with van der Waals surface area (Å²) in [5.41, 5.74) is 3.75. The normalized spacial score (nSPS) is 15.5. The van der Waals surface area contributed by atoms with Gasteiger partial charge in [-0.3, -0.25) is 14.5 Å². The van der Waals surface area contributed by atoms with Crippen LogP contribution in [0.5, 0.6) is 11.5 Å². The number of carbonyl (C=O) groups is 2. The van der Waals surface area contributed by atoms with Crippen LogP contribution in [0.2, 0.25) is 5.02 Å². The van der Waals surface area contributed by atoms with Crippen molar-refractivity contribution >= 4 is 41.0 Å². The highest BCUT2D eigenvalue weighted by molar-refractivity contribution is 8.00. The van der Waals surface area contributed by atoms with Gasteiger partial charge in [0.1, 0.15) is 23.9 Å². The van der Waals surface area contributed by atoms with Crippen LogP contribution in [0.25, 0.3) is 16.9 Å². The van der Waals surface area contributed by atoms with E-state index in [2.05, 4.69) is 5.32 Å². The van der Waals surface area contributed by atoms with E-state index in [-0.39, 0.29) is 35.4 Å². The number of thioether (sulfide) groups is 1. The van der Waals surface area contributed by atoms with Crippen molar-refractivity contribution in [3.63, 3.8) is 0 Å². The molecule has 0 saturated heterocycles. The number of benzene rings is 3. The van der Waals surface area contributed by atoms with Crippen molar-refractivity contribution in [1.82, 2.24) is 15.1 Å². The molecule has 10 heteroatoms. The average molecular weight is 605 g/mol. The summed E-state index contributed by atoms with van der Waals surface area (Å²) < 4.78 is 13.1. The third-order valence-corrected chi connectivity index (χ3v) is 8.81. The molecular weight excluding hydrogens is 572 g/mol. The average Bonchev–Trinajstić information content (AvgIpc) is 3.33. The van der Waals surface area contributed by atoms with Gasteiger partial charge in [0.2, 0.25) is 11.8 Å². The molecule has 0 saturated carbocycles. The van der Waals surface area contributed by atoms with Crippen LogP contribution in [0, 0.1) is 0 Å². The lowest BCUT2D eigenvalue weighted by Crippen LogP contribution is -2.44. The first kappa shape index (κ1) is 29.5. The van der Waals surface area contributed by atoms with Crippen LogP contribution in [-0.4, -0.2) is 54.2 Å². The third kappa shape index (κ3) is 5.84. The fourth-order valence-corrected chi connectivity index (χ4v) is 6.40. The Morgan fingerprint density at radius 3 is 2.52 bits per heavy atom. The summed E-state index contributed by atoms with van der Waals surface area (Å²) in [6, 6.07) is 22.7. The van der Waals surface area contributed by atoms with Gasteiger partial charge in [0.15, 0.2) is 0 Å². The molecule has 8 nitrogen and oxygen atoms in total. The number of aromatic nitrogens is 2. The Labute approximate surface area is 255 Å². The van der Waals surface area contributed by atoms with Crippen LogP contribution in [0.1, 0.15) is 36.6 Å². The van der Waals surface area contributed by atoms with Crippen molar-refractivity contribution in [2.24, 2.45) is 0 Å². The van der Waals surface area contributed by atoms with Crippen LogP contribution >= 0.6 is 23.4 Å². The lowest BCUT2D eigenvalue weighted by molar-refractivity contribution is -0.123. The topological polar surface area (TPSA) is 85.7 Å². The van der Waals surface area contributed by atoms with E-state index in [0.717, 1.165) is 23.1 Å². The maximum atomic E-state index is 13.9. The highest BCUT2D eigenvalue weighted by atomic mass is 35.5. The molecule has 2 amide bonds. The van der Waals surface area contributed by atoms with E-state index in [0.29, 0.717) is 33.7 Å². The lowest BCUT2D eigenvalue weighted by atomic mass is 9.98. The van der Waals surface area contributed by atoms with Gasteiger partial charge in [-0.1, -0.05) is 61.0 Å². The zero-order valence-corrected chi connectivity index (χ0v) is 25.5. The smallest absolute Gasteiger partial charge is 0.240 e. The summed E-state index contributed by atoms with van der Waals surface area (Å²) >= 11 is 8.19. The SMILES string of the molecule is CC[C@H](C)NC(=O)CN1C(=O)CS[C@@H](c2cc(OC)ccc2OC)c2c(-c3ccccc3)nn(-c3ccccc3Cl)c21. The second kappa shape index (κ2) is 12.9. The summed E-state index contributed by atoms with van der Waals surface area (Å²) in [5.74, 6) is 1.47. The summed E-state index contributed by atoms with van der Waals surface area (Å²) in [7, 11) is 3.23. The summed E-state index contributed by atoms with van der Waals surface area (Å²) in [6.07, 6.45) is 0.772. The molecular formula is C32H33ClN4O4S. The van der Waals surface area contributed by atoms with E-state index in [1.807, 2.05) is 80.6 Å². The fraction of sp³-hybridized carbons (Fsp3) is 0.281. The Morgan fingerprint density at radius 1 is 1.10 bits per heavy atom. The first-order valence-electron chi connectivity index (χ1n) is 13.7. The Balaban J connectivity index is 1.83. The van der Waals surface area contributed by atoms with E-state index in [9.17, 15) is 9.59 Å². The first-order valence-corrected chi connectivity index (χ1v) is 15.1. The number of carbonyl (C=O) groups excluding carboxylic acids is 2. The number of amides is 2. The lowest BCUT2D eigenvalue weighted by Gasteiger charge is -2.24. The molecule has 0 radical (unpaired) electrons. The van der Waals surface area contributed by atoms with Crippen LogP contribution in [0.4, 0.5) is 5.82 Å². The molecule has 1 aromatic heterocycles. The number of anilines is 1. The molecule has 0 spiro atoms. The molecule has 2 atom stereocenters. The van der Waals surface area contributed by atoms with Crippen LogP contribution in [0.3, 0.4) is 0 Å². The fourth-order valence-electron chi connectivity index (χ4n) is 4.98. The van der Waals surface area contributed by atoms with Crippen molar-refractivity contribution in [3.05, 3.63) is 88.9 Å². The molecule has 1 aliphatic heterocycles. The maximum absolute atomic E-state index is 13.9. The number of ether oxygens (including phenoxy) is 2. The Hall–Kier alpha value is -3.95. The second-order valence-corrected chi connectivity index (χ2v) is 11.5. The van der Waals surface area contributed by atoms with Gasteiger partial charge < -0.3 is 14.8 Å². The predicted octanol–water partition coefficient (Wildman–Crippen LogP) is 6.29. The monoisotopic (exact) mass is 604 g/mol. The molecule has 2 heterocycles. The Bertz CT molecular complexity index is 1590. The molecule has 3 aromatic carbocycles. The number of fused-ring (bicyclic) bond motifs is 1. The van der Waals surface area contributed by atoms with E-state index in [4.69, 9.17) is 26.2 Å². The van der Waals surface area contributed by atoms with Gasteiger partial charge in [-0.15, -0.1) is 11.8 Å². The minimum Gasteiger partial charge on any atom is -0.497 e. The van der Waals surface area contributed by atoms with Gasteiger partial charge in [-0.2, -0.15) is 5.10 Å². The van der Waals surface area contributed by atoms with Crippen LogP contribution in [-0.2, 0) is 9.59 Å². The van der Waals surface area contributed by atoms with Crippen molar-refractivity contribution in [2.75, 3.05) is 31.4 Å². The molecule has 218 valence electrons. The number of methoxy groups -OCH3 is 2. The minimum atomic E-state index is -0.386.